The fourth-order valence-electron chi connectivity index (χ4n) is 1.77. The Balaban J connectivity index is 2.31. The van der Waals surface area contributed by atoms with Gasteiger partial charge < -0.3 is 9.63 Å². The predicted molar refractivity (Wildman–Crippen MR) is 94.8 cm³/mol. The topological polar surface area (TPSA) is 94.8 Å². The molecule has 0 saturated carbocycles. The lowest BCUT2D eigenvalue weighted by Gasteiger charge is -2.25. The third-order valence-corrected chi connectivity index (χ3v) is 4.37. The molecule has 24 heavy (non-hydrogen) atoms. The molecule has 0 aliphatic carbocycles. The molecule has 1 atom stereocenters. The molecule has 0 aliphatic rings. The second kappa shape index (κ2) is 8.71. The highest BCUT2D eigenvalue weighted by Gasteiger charge is 2.16. The van der Waals surface area contributed by atoms with Crippen molar-refractivity contribution in [2.24, 2.45) is 0 Å². The van der Waals surface area contributed by atoms with Crippen LogP contribution in [0.5, 0.6) is 5.75 Å². The molecule has 7 nitrogen and oxygen atoms in total. The van der Waals surface area contributed by atoms with Gasteiger partial charge in [-0.15, -0.1) is 0 Å². The smallest absolute Gasteiger partial charge is 0.342 e. The van der Waals surface area contributed by atoms with Gasteiger partial charge >= 0.3 is 8.25 Å². The Morgan fingerprint density at radius 1 is 1.38 bits per heavy atom. The van der Waals surface area contributed by atoms with E-state index in [4.69, 9.17) is 14.4 Å². The van der Waals surface area contributed by atoms with Gasteiger partial charge in [0, 0.05) is 4.47 Å². The average Bonchev–Trinajstić information content (AvgIpc) is 2.56. The molecule has 126 valence electrons. The Hall–Kier alpha value is -2.04. The summed E-state index contributed by atoms with van der Waals surface area (Å²) in [6, 6.07) is 13.4. The molecule has 0 amide bonds. The molecule has 0 heterocycles. The first kappa shape index (κ1) is 18.3. The molecule has 0 fully saturated rings. The van der Waals surface area contributed by atoms with Crippen LogP contribution in [0.3, 0.4) is 0 Å². The summed E-state index contributed by atoms with van der Waals surface area (Å²) in [5.41, 5.74) is 3.93. The highest BCUT2D eigenvalue weighted by atomic mass is 79.9. The van der Waals surface area contributed by atoms with E-state index in [0.717, 1.165) is 5.17 Å². The van der Waals surface area contributed by atoms with Crippen LogP contribution in [0.25, 0.3) is 0 Å². The molecular formula is C15H15BrN3O4P. The van der Waals surface area contributed by atoms with Crippen molar-refractivity contribution in [1.82, 2.24) is 0 Å². The molecular weight excluding hydrogens is 397 g/mol. The van der Waals surface area contributed by atoms with Crippen molar-refractivity contribution >= 4 is 35.6 Å². The number of aromatic hydroxyl groups is 1. The number of hydrazine groups is 1. The first-order chi connectivity index (χ1) is 11.5. The number of nitriles is 1. The number of para-hydroxylation sites is 1. The van der Waals surface area contributed by atoms with Crippen LogP contribution in [0, 0.1) is 11.3 Å². The average molecular weight is 412 g/mol. The molecule has 0 bridgehead atoms. The summed E-state index contributed by atoms with van der Waals surface area (Å²) in [6.45, 7) is 1.94. The van der Waals surface area contributed by atoms with E-state index >= 15 is 0 Å². The molecule has 2 N–H and O–H groups in total. The fourth-order valence-corrected chi connectivity index (χ4v) is 2.80. The Kier molecular flexibility index (Phi) is 6.64. The number of hydrogen-bond donors (Lipinski definition) is 2. The van der Waals surface area contributed by atoms with Crippen LogP contribution in [0.15, 0.2) is 46.9 Å². The van der Waals surface area contributed by atoms with E-state index in [1.807, 2.05) is 12.1 Å². The molecule has 9 heteroatoms. The SMILES string of the molecule is CCO[PH](=O)ON(Nc1ccc(C#N)cc1O)c1ccccc1Br. The van der Waals surface area contributed by atoms with Gasteiger partial charge in [-0.25, -0.2) is 0 Å². The van der Waals surface area contributed by atoms with Crippen LogP contribution < -0.4 is 10.6 Å². The molecule has 0 aromatic heterocycles. The summed E-state index contributed by atoms with van der Waals surface area (Å²) >= 11 is 3.38. The number of benzene rings is 2. The van der Waals surface area contributed by atoms with Crippen molar-refractivity contribution < 1.29 is 18.8 Å². The molecule has 2 aromatic rings. The maximum absolute atomic E-state index is 11.9. The zero-order valence-corrected chi connectivity index (χ0v) is 15.3. The first-order valence-corrected chi connectivity index (χ1v) is 8.96. The van der Waals surface area contributed by atoms with Gasteiger partial charge in [-0.2, -0.15) is 15.1 Å². The standard InChI is InChI=1S/C15H15BrN3O4P/c1-2-22-24(21)23-19(14-6-4-3-5-12(14)16)18-13-8-7-11(10-17)9-15(13)20/h3-9,18,20,24H,2H2,1H3. The van der Waals surface area contributed by atoms with Crippen molar-refractivity contribution in [1.29, 1.82) is 5.26 Å². The molecule has 0 radical (unpaired) electrons. The summed E-state index contributed by atoms with van der Waals surface area (Å²) in [5.74, 6) is -0.147. The summed E-state index contributed by atoms with van der Waals surface area (Å²) in [7, 11) is -2.79. The lowest BCUT2D eigenvalue weighted by atomic mass is 10.2. The van der Waals surface area contributed by atoms with Crippen LogP contribution in [0.1, 0.15) is 12.5 Å². The van der Waals surface area contributed by atoms with E-state index in [9.17, 15) is 9.67 Å². The molecule has 0 aliphatic heterocycles. The highest BCUT2D eigenvalue weighted by molar-refractivity contribution is 9.10. The van der Waals surface area contributed by atoms with Gasteiger partial charge in [0.1, 0.15) is 11.4 Å². The molecule has 1 unspecified atom stereocenters. The number of anilines is 2. The minimum absolute atomic E-state index is 0.147. The number of nitrogens with zero attached hydrogens (tertiary/aromatic N) is 2. The van der Waals surface area contributed by atoms with Crippen molar-refractivity contribution in [2.45, 2.75) is 6.92 Å². The summed E-state index contributed by atoms with van der Waals surface area (Å²) in [6.07, 6.45) is 0. The van der Waals surface area contributed by atoms with Crippen molar-refractivity contribution in [3.8, 4) is 11.8 Å². The Labute approximate surface area is 148 Å². The van der Waals surface area contributed by atoms with E-state index in [1.165, 1.54) is 18.2 Å². The third kappa shape index (κ3) is 4.73. The normalized spacial score (nSPS) is 11.5. The Bertz CT molecular complexity index is 782. The van der Waals surface area contributed by atoms with Crippen LogP contribution in [0.2, 0.25) is 0 Å². The number of phenolic OH excluding ortho intramolecular Hbond substituents is 1. The number of phenols is 1. The Morgan fingerprint density at radius 3 is 2.75 bits per heavy atom. The number of rotatable bonds is 7. The second-order valence-corrected chi connectivity index (χ2v) is 6.30. The minimum atomic E-state index is -2.79. The van der Waals surface area contributed by atoms with Crippen LogP contribution in [-0.4, -0.2) is 11.7 Å². The molecule has 0 spiro atoms. The van der Waals surface area contributed by atoms with Crippen LogP contribution >= 0.6 is 24.2 Å². The van der Waals surface area contributed by atoms with Gasteiger partial charge in [-0.05, 0) is 53.2 Å². The van der Waals surface area contributed by atoms with Crippen LogP contribution in [0.4, 0.5) is 11.4 Å². The quantitative estimate of drug-likeness (QED) is 0.400. The minimum Gasteiger partial charge on any atom is -0.506 e. The van der Waals surface area contributed by atoms with E-state index < -0.39 is 8.25 Å². The van der Waals surface area contributed by atoms with Gasteiger partial charge in [0.2, 0.25) is 0 Å². The van der Waals surface area contributed by atoms with Gasteiger partial charge in [0.25, 0.3) is 0 Å². The number of hydrogen-bond acceptors (Lipinski definition) is 7. The second-order valence-electron chi connectivity index (χ2n) is 4.48. The number of halogens is 1. The summed E-state index contributed by atoms with van der Waals surface area (Å²) in [5, 5.41) is 20.0. The van der Waals surface area contributed by atoms with E-state index in [2.05, 4.69) is 21.4 Å². The monoisotopic (exact) mass is 411 g/mol. The zero-order valence-electron chi connectivity index (χ0n) is 12.7. The van der Waals surface area contributed by atoms with Gasteiger partial charge in [-0.1, -0.05) is 12.1 Å². The van der Waals surface area contributed by atoms with Gasteiger partial charge in [-0.3, -0.25) is 9.99 Å². The summed E-state index contributed by atoms with van der Waals surface area (Å²) in [4.78, 5) is 0. The fraction of sp³-hybridized carbons (Fsp3) is 0.133. The lowest BCUT2D eigenvalue weighted by Crippen LogP contribution is -2.28. The van der Waals surface area contributed by atoms with E-state index in [-0.39, 0.29) is 18.0 Å². The van der Waals surface area contributed by atoms with Crippen molar-refractivity contribution in [2.75, 3.05) is 17.2 Å². The van der Waals surface area contributed by atoms with Crippen molar-refractivity contribution in [3.05, 3.63) is 52.5 Å². The van der Waals surface area contributed by atoms with Crippen molar-refractivity contribution in [3.63, 3.8) is 0 Å². The van der Waals surface area contributed by atoms with E-state index in [0.29, 0.717) is 15.7 Å². The maximum atomic E-state index is 11.9. The van der Waals surface area contributed by atoms with Gasteiger partial charge in [0.15, 0.2) is 0 Å². The largest absolute Gasteiger partial charge is 0.506 e. The predicted octanol–water partition coefficient (Wildman–Crippen LogP) is 4.22. The maximum Gasteiger partial charge on any atom is 0.342 e. The molecule has 0 saturated heterocycles. The first-order valence-electron chi connectivity index (χ1n) is 6.94. The highest BCUT2D eigenvalue weighted by Crippen LogP contribution is 2.34. The third-order valence-electron chi connectivity index (χ3n) is 2.85. The van der Waals surface area contributed by atoms with Gasteiger partial charge in [0.05, 0.1) is 23.9 Å². The lowest BCUT2D eigenvalue weighted by molar-refractivity contribution is 0.225. The Morgan fingerprint density at radius 2 is 2.12 bits per heavy atom. The van der Waals surface area contributed by atoms with Crippen LogP contribution in [-0.2, 0) is 13.7 Å². The van der Waals surface area contributed by atoms with E-state index in [1.54, 1.807) is 25.1 Å². The molecule has 2 aromatic carbocycles. The summed E-state index contributed by atoms with van der Waals surface area (Å²) < 4.78 is 22.8. The molecule has 2 rings (SSSR count). The zero-order chi connectivity index (χ0) is 17.5. The number of nitrogens with one attached hydrogen (secondary N) is 1.